The summed E-state index contributed by atoms with van der Waals surface area (Å²) in [4.78, 5) is 37.7. The van der Waals surface area contributed by atoms with Gasteiger partial charge in [0, 0.05) is 77.3 Å². The van der Waals surface area contributed by atoms with E-state index in [-0.39, 0.29) is 73.8 Å². The molecule has 2 aliphatic heterocycles. The van der Waals surface area contributed by atoms with Crippen LogP contribution in [-0.4, -0.2) is 138 Å². The number of piperazine rings is 2. The van der Waals surface area contributed by atoms with Crippen LogP contribution < -0.4 is 19.3 Å². The number of aromatic nitrogens is 2. The molecule has 4 aromatic rings. The molecule has 0 radical (unpaired) electrons. The van der Waals surface area contributed by atoms with Crippen molar-refractivity contribution in [3.05, 3.63) is 94.8 Å². The minimum atomic E-state index is -4.78. The second-order valence-electron chi connectivity index (χ2n) is 16.1. The Kier molecular flexibility index (Phi) is 16.6. The molecule has 0 spiro atoms. The Balaban J connectivity index is 0.000000267. The van der Waals surface area contributed by atoms with Crippen LogP contribution in [0.5, 0.6) is 11.5 Å². The summed E-state index contributed by atoms with van der Waals surface area (Å²) in [6.07, 6.45) is -20.9. The predicted molar refractivity (Wildman–Crippen MR) is 226 cm³/mol. The Labute approximate surface area is 400 Å². The number of nitrogens with zero attached hydrogens (tertiary/aromatic N) is 6. The minimum absolute atomic E-state index is 0.0536. The van der Waals surface area contributed by atoms with Crippen LogP contribution in [0.25, 0.3) is 0 Å². The third-order valence-electron chi connectivity index (χ3n) is 10.8. The van der Waals surface area contributed by atoms with E-state index in [1.54, 1.807) is 0 Å². The molecule has 30 heteroatoms. The molecule has 2 saturated heterocycles. The van der Waals surface area contributed by atoms with E-state index >= 15 is 0 Å². The van der Waals surface area contributed by atoms with Gasteiger partial charge in [0.1, 0.15) is 11.5 Å². The first-order chi connectivity index (χ1) is 33.0. The SMILES string of the molecule is C[C@H](Oc1ccc(S(C)(=O)=O)cc1C(=O)N1CCN(c2ncc(C(F)(F)F)cc2F)CC1)C(F)(F)F.C[C@H](Oc1ccc(S(C)(=O)=O)cc1C(=O)N1CCN(c2ncc(C(F)(F)F)cc2F)CC1)C(F)(F)F. The fourth-order valence-corrected chi connectivity index (χ4v) is 8.05. The number of anilines is 2. The molecule has 4 heterocycles. The van der Waals surface area contributed by atoms with E-state index in [0.29, 0.717) is 24.5 Å². The highest BCUT2D eigenvalue weighted by molar-refractivity contribution is 7.91. The van der Waals surface area contributed by atoms with Gasteiger partial charge in [0.2, 0.25) is 0 Å². The third-order valence-corrected chi connectivity index (χ3v) is 13.0. The molecule has 0 unspecified atom stereocenters. The Morgan fingerprint density at radius 1 is 0.528 bits per heavy atom. The molecule has 72 heavy (non-hydrogen) atoms. The standard InChI is InChI=1S/2C21H20F7N3O4S/c2*1-12(20(23,24)25)35-17-4-3-14(36(2,33)34)10-15(17)19(32)31-7-5-30(6-8-31)18-16(22)9-13(11-29-18)21(26,27)28/h2*3-4,9-12H,5-8H2,1-2H3/t2*12-/m00/s1. The number of carbonyl (C=O) groups excluding carboxylic acids is 2. The molecule has 2 aromatic carbocycles. The first kappa shape index (κ1) is 56.7. The normalized spacial score (nSPS) is 16.1. The van der Waals surface area contributed by atoms with Crippen molar-refractivity contribution >= 4 is 43.1 Å². The van der Waals surface area contributed by atoms with E-state index in [9.17, 15) is 87.9 Å². The molecule has 2 amide bonds. The zero-order chi connectivity index (χ0) is 54.1. The van der Waals surface area contributed by atoms with Gasteiger partial charge in [-0.05, 0) is 62.4 Å². The molecule has 2 aliphatic rings. The molecular formula is C42H40F14N6O8S2. The Hall–Kier alpha value is -6.20. The number of hydrogen-bond acceptors (Lipinski definition) is 12. The Morgan fingerprint density at radius 3 is 1.08 bits per heavy atom. The van der Waals surface area contributed by atoms with Crippen molar-refractivity contribution in [3.63, 3.8) is 0 Å². The fraction of sp³-hybridized carbons (Fsp3) is 0.429. The average Bonchev–Trinajstić information content (AvgIpc) is 3.27. The summed E-state index contributed by atoms with van der Waals surface area (Å²) in [5.74, 6) is -5.72. The van der Waals surface area contributed by atoms with E-state index in [2.05, 4.69) is 9.97 Å². The average molecular weight is 1090 g/mol. The minimum Gasteiger partial charge on any atom is -0.480 e. The first-order valence-electron chi connectivity index (χ1n) is 20.7. The van der Waals surface area contributed by atoms with Crippen molar-refractivity contribution in [2.45, 2.75) is 60.6 Å². The number of ether oxygens (including phenoxy) is 2. The molecular weight excluding hydrogens is 1050 g/mol. The van der Waals surface area contributed by atoms with Gasteiger partial charge in [0.15, 0.2) is 55.2 Å². The van der Waals surface area contributed by atoms with E-state index in [4.69, 9.17) is 9.47 Å². The van der Waals surface area contributed by atoms with Gasteiger partial charge < -0.3 is 29.1 Å². The number of alkyl halides is 12. The Morgan fingerprint density at radius 2 is 0.833 bits per heavy atom. The van der Waals surface area contributed by atoms with Gasteiger partial charge in [-0.3, -0.25) is 9.59 Å². The van der Waals surface area contributed by atoms with Crippen LogP contribution in [0.2, 0.25) is 0 Å². The number of amides is 2. The quantitative estimate of drug-likeness (QED) is 0.142. The molecule has 2 aromatic heterocycles. The van der Waals surface area contributed by atoms with Crippen LogP contribution >= 0.6 is 0 Å². The van der Waals surface area contributed by atoms with Crippen molar-refractivity contribution in [1.82, 2.24) is 19.8 Å². The monoisotopic (exact) mass is 1090 g/mol. The zero-order valence-electron chi connectivity index (χ0n) is 37.6. The fourth-order valence-electron chi connectivity index (χ4n) is 6.75. The molecule has 14 nitrogen and oxygen atoms in total. The highest BCUT2D eigenvalue weighted by Gasteiger charge is 2.41. The summed E-state index contributed by atoms with van der Waals surface area (Å²) in [5.41, 5.74) is -3.35. The number of hydrogen-bond donors (Lipinski definition) is 0. The smallest absolute Gasteiger partial charge is 0.425 e. The second-order valence-corrected chi connectivity index (χ2v) is 20.1. The predicted octanol–water partition coefficient (Wildman–Crippen LogP) is 7.87. The number of halogens is 14. The van der Waals surface area contributed by atoms with Crippen LogP contribution in [0, 0.1) is 11.6 Å². The highest BCUT2D eigenvalue weighted by atomic mass is 32.2. The van der Waals surface area contributed by atoms with Gasteiger partial charge in [-0.1, -0.05) is 0 Å². The van der Waals surface area contributed by atoms with Gasteiger partial charge in [0.05, 0.1) is 32.0 Å². The molecule has 396 valence electrons. The van der Waals surface area contributed by atoms with Gasteiger partial charge in [-0.25, -0.2) is 35.6 Å². The summed E-state index contributed by atoms with van der Waals surface area (Å²) in [6, 6.07) is 6.40. The van der Waals surface area contributed by atoms with Crippen molar-refractivity contribution in [1.29, 1.82) is 0 Å². The summed E-state index contributed by atoms with van der Waals surface area (Å²) >= 11 is 0. The van der Waals surface area contributed by atoms with Gasteiger partial charge in [-0.2, -0.15) is 52.7 Å². The molecule has 6 rings (SSSR count). The third kappa shape index (κ3) is 14.1. The maximum absolute atomic E-state index is 14.3. The first-order valence-corrected chi connectivity index (χ1v) is 24.4. The second kappa shape index (κ2) is 21.1. The number of sulfone groups is 2. The van der Waals surface area contributed by atoms with Crippen molar-refractivity contribution < 1.29 is 97.4 Å². The highest BCUT2D eigenvalue weighted by Crippen LogP contribution is 2.35. The summed E-state index contributed by atoms with van der Waals surface area (Å²) in [5, 5.41) is 0. The number of pyridine rings is 2. The molecule has 0 aliphatic carbocycles. The van der Waals surface area contributed by atoms with Crippen molar-refractivity contribution in [2.75, 3.05) is 74.7 Å². The van der Waals surface area contributed by atoms with Crippen molar-refractivity contribution in [3.8, 4) is 11.5 Å². The number of rotatable bonds is 10. The van der Waals surface area contributed by atoms with Crippen molar-refractivity contribution in [2.24, 2.45) is 0 Å². The lowest BCUT2D eigenvalue weighted by Gasteiger charge is -2.36. The molecule has 0 saturated carbocycles. The number of carbonyl (C=O) groups is 2. The van der Waals surface area contributed by atoms with Crippen LogP contribution in [-0.2, 0) is 32.0 Å². The van der Waals surface area contributed by atoms with E-state index in [0.717, 1.165) is 62.8 Å². The van der Waals surface area contributed by atoms with Gasteiger partial charge >= 0.3 is 24.7 Å². The lowest BCUT2D eigenvalue weighted by Crippen LogP contribution is -2.49. The molecule has 2 fully saturated rings. The van der Waals surface area contributed by atoms with E-state index < -0.39 is 114 Å². The summed E-state index contributed by atoms with van der Waals surface area (Å²) in [6.45, 7) is 0.841. The van der Waals surface area contributed by atoms with E-state index in [1.165, 1.54) is 19.6 Å². The van der Waals surface area contributed by atoms with Gasteiger partial charge in [-0.15, -0.1) is 0 Å². The zero-order valence-corrected chi connectivity index (χ0v) is 39.3. The van der Waals surface area contributed by atoms with E-state index in [1.807, 2.05) is 0 Å². The van der Waals surface area contributed by atoms with Crippen LogP contribution in [0.3, 0.4) is 0 Å². The van der Waals surface area contributed by atoms with Crippen LogP contribution in [0.15, 0.2) is 70.7 Å². The molecule has 0 bridgehead atoms. The summed E-state index contributed by atoms with van der Waals surface area (Å²) < 4.78 is 241. The largest absolute Gasteiger partial charge is 0.480 e. The lowest BCUT2D eigenvalue weighted by molar-refractivity contribution is -0.189. The van der Waals surface area contributed by atoms with Crippen LogP contribution in [0.4, 0.5) is 73.1 Å². The maximum Gasteiger partial charge on any atom is 0.425 e. The maximum atomic E-state index is 14.3. The lowest BCUT2D eigenvalue weighted by atomic mass is 10.1. The summed E-state index contributed by atoms with van der Waals surface area (Å²) in [7, 11) is -7.63. The number of benzene rings is 2. The Bertz CT molecular complexity index is 2680. The topological polar surface area (TPSA) is 160 Å². The molecule has 0 N–H and O–H groups in total. The molecule has 2 atom stereocenters. The van der Waals surface area contributed by atoms with Gasteiger partial charge in [0.25, 0.3) is 11.8 Å². The van der Waals surface area contributed by atoms with Crippen LogP contribution in [0.1, 0.15) is 45.7 Å².